The summed E-state index contributed by atoms with van der Waals surface area (Å²) in [5.74, 6) is 3.25. The van der Waals surface area contributed by atoms with Gasteiger partial charge in [0.1, 0.15) is 23.2 Å². The Labute approximate surface area is 105 Å². The first-order chi connectivity index (χ1) is 8.54. The van der Waals surface area contributed by atoms with Gasteiger partial charge in [-0.15, -0.1) is 6.42 Å². The third kappa shape index (κ3) is 1.95. The number of nitrogen functional groups attached to an aromatic ring is 1. The number of halogens is 1. The van der Waals surface area contributed by atoms with E-state index in [1.54, 1.807) is 23.6 Å². The number of nitrogens with zero attached hydrogens (tertiary/aromatic N) is 2. The van der Waals surface area contributed by atoms with Gasteiger partial charge in [-0.25, -0.2) is 9.37 Å². The lowest BCUT2D eigenvalue weighted by Gasteiger charge is -2.04. The predicted octanol–water partition coefficient (Wildman–Crippen LogP) is 2.52. The van der Waals surface area contributed by atoms with Crippen molar-refractivity contribution in [3.05, 3.63) is 35.4 Å². The molecule has 0 aliphatic heterocycles. The van der Waals surface area contributed by atoms with Crippen molar-refractivity contribution in [3.8, 4) is 23.6 Å². The second kappa shape index (κ2) is 4.53. The van der Waals surface area contributed by atoms with Gasteiger partial charge in [0.25, 0.3) is 0 Å². The molecule has 2 N–H and O–H groups in total. The molecule has 0 aliphatic carbocycles. The third-order valence-electron chi connectivity index (χ3n) is 2.82. The fourth-order valence-electron chi connectivity index (χ4n) is 1.89. The average Bonchev–Trinajstić information content (AvgIpc) is 2.61. The molecule has 0 unspecified atom stereocenters. The average molecular weight is 243 g/mol. The van der Waals surface area contributed by atoms with E-state index < -0.39 is 0 Å². The lowest BCUT2D eigenvalue weighted by atomic mass is 10.1. The van der Waals surface area contributed by atoms with Crippen molar-refractivity contribution >= 4 is 5.82 Å². The SMILES string of the molecule is C#CCn1c(C)nc(-c2cc(C)ccc2F)c1N. The normalized spacial score (nSPS) is 10.3. The maximum Gasteiger partial charge on any atom is 0.132 e. The van der Waals surface area contributed by atoms with Gasteiger partial charge < -0.3 is 10.3 Å². The van der Waals surface area contributed by atoms with Crippen LogP contribution in [0.4, 0.5) is 10.2 Å². The Morgan fingerprint density at radius 1 is 1.44 bits per heavy atom. The number of aromatic nitrogens is 2. The lowest BCUT2D eigenvalue weighted by molar-refractivity contribution is 0.630. The standard InChI is InChI=1S/C14H14FN3/c1-4-7-18-10(3)17-13(14(18)16)11-8-9(2)5-6-12(11)15/h1,5-6,8H,7,16H2,2-3H3. The molecule has 1 aromatic carbocycles. The van der Waals surface area contributed by atoms with Crippen LogP contribution >= 0.6 is 0 Å². The molecule has 0 saturated heterocycles. The van der Waals surface area contributed by atoms with Crippen molar-refractivity contribution in [2.75, 3.05) is 5.73 Å². The van der Waals surface area contributed by atoms with Gasteiger partial charge in [-0.2, -0.15) is 0 Å². The molecule has 0 radical (unpaired) electrons. The van der Waals surface area contributed by atoms with Crippen LogP contribution in [-0.2, 0) is 6.54 Å². The minimum atomic E-state index is -0.336. The summed E-state index contributed by atoms with van der Waals surface area (Å²) in [5.41, 5.74) is 7.79. The molecule has 1 heterocycles. The summed E-state index contributed by atoms with van der Waals surface area (Å²) in [4.78, 5) is 4.30. The summed E-state index contributed by atoms with van der Waals surface area (Å²) in [6.07, 6.45) is 5.27. The van der Waals surface area contributed by atoms with Crippen molar-refractivity contribution in [2.24, 2.45) is 0 Å². The van der Waals surface area contributed by atoms with Crippen LogP contribution in [-0.4, -0.2) is 9.55 Å². The van der Waals surface area contributed by atoms with E-state index in [0.29, 0.717) is 29.4 Å². The second-order valence-corrected chi connectivity index (χ2v) is 4.17. The van der Waals surface area contributed by atoms with Gasteiger partial charge in [0.2, 0.25) is 0 Å². The van der Waals surface area contributed by atoms with E-state index >= 15 is 0 Å². The van der Waals surface area contributed by atoms with Gasteiger partial charge >= 0.3 is 0 Å². The zero-order valence-electron chi connectivity index (χ0n) is 10.4. The van der Waals surface area contributed by atoms with Crippen LogP contribution in [0.2, 0.25) is 0 Å². The molecule has 92 valence electrons. The summed E-state index contributed by atoms with van der Waals surface area (Å²) in [5, 5.41) is 0. The first-order valence-corrected chi connectivity index (χ1v) is 5.57. The highest BCUT2D eigenvalue weighted by Gasteiger charge is 2.16. The van der Waals surface area contributed by atoms with Gasteiger partial charge in [0, 0.05) is 5.56 Å². The highest BCUT2D eigenvalue weighted by atomic mass is 19.1. The van der Waals surface area contributed by atoms with E-state index in [0.717, 1.165) is 5.56 Å². The Kier molecular flexibility index (Phi) is 3.07. The number of imidazole rings is 1. The summed E-state index contributed by atoms with van der Waals surface area (Å²) < 4.78 is 15.5. The Morgan fingerprint density at radius 3 is 2.83 bits per heavy atom. The molecular formula is C14H14FN3. The molecule has 0 bridgehead atoms. The van der Waals surface area contributed by atoms with Gasteiger partial charge in [-0.1, -0.05) is 17.6 Å². The molecule has 0 aliphatic rings. The number of aryl methyl sites for hydroxylation is 2. The topological polar surface area (TPSA) is 43.8 Å². The van der Waals surface area contributed by atoms with E-state index in [-0.39, 0.29) is 5.82 Å². The molecule has 18 heavy (non-hydrogen) atoms. The van der Waals surface area contributed by atoms with Crippen molar-refractivity contribution in [1.82, 2.24) is 9.55 Å². The third-order valence-corrected chi connectivity index (χ3v) is 2.82. The smallest absolute Gasteiger partial charge is 0.132 e. The molecule has 3 nitrogen and oxygen atoms in total. The lowest BCUT2D eigenvalue weighted by Crippen LogP contribution is -2.03. The highest BCUT2D eigenvalue weighted by Crippen LogP contribution is 2.29. The van der Waals surface area contributed by atoms with Crippen molar-refractivity contribution < 1.29 is 4.39 Å². The van der Waals surface area contributed by atoms with E-state index in [2.05, 4.69) is 10.9 Å². The summed E-state index contributed by atoms with van der Waals surface area (Å²) in [6, 6.07) is 4.85. The Morgan fingerprint density at radius 2 is 2.17 bits per heavy atom. The summed E-state index contributed by atoms with van der Waals surface area (Å²) in [7, 11) is 0. The van der Waals surface area contributed by atoms with Gasteiger partial charge in [-0.3, -0.25) is 0 Å². The molecule has 0 fully saturated rings. The maximum absolute atomic E-state index is 13.8. The van der Waals surface area contributed by atoms with Crippen LogP contribution in [0.3, 0.4) is 0 Å². The monoisotopic (exact) mass is 243 g/mol. The molecule has 2 rings (SSSR count). The van der Waals surface area contributed by atoms with Crippen LogP contribution in [0.15, 0.2) is 18.2 Å². The fraction of sp³-hybridized carbons (Fsp3) is 0.214. The molecular weight excluding hydrogens is 229 g/mol. The molecule has 4 heteroatoms. The number of nitrogens with two attached hydrogens (primary N) is 1. The minimum absolute atomic E-state index is 0.331. The van der Waals surface area contributed by atoms with E-state index in [9.17, 15) is 4.39 Å². The van der Waals surface area contributed by atoms with Crippen LogP contribution in [0, 0.1) is 32.0 Å². The molecule has 1 aromatic heterocycles. The number of hydrogen-bond donors (Lipinski definition) is 1. The number of hydrogen-bond acceptors (Lipinski definition) is 2. The first kappa shape index (κ1) is 12.2. The van der Waals surface area contributed by atoms with Gasteiger partial charge in [0.05, 0.1) is 6.54 Å². The molecule has 0 amide bonds. The summed E-state index contributed by atoms with van der Waals surface area (Å²) >= 11 is 0. The second-order valence-electron chi connectivity index (χ2n) is 4.17. The van der Waals surface area contributed by atoms with E-state index in [4.69, 9.17) is 12.2 Å². The fourth-order valence-corrected chi connectivity index (χ4v) is 1.89. The number of rotatable bonds is 2. The Hall–Kier alpha value is -2.28. The minimum Gasteiger partial charge on any atom is -0.383 e. The zero-order valence-corrected chi connectivity index (χ0v) is 10.4. The maximum atomic E-state index is 13.8. The van der Waals surface area contributed by atoms with Crippen LogP contribution < -0.4 is 5.73 Å². The quantitative estimate of drug-likeness (QED) is 0.824. The zero-order chi connectivity index (χ0) is 13.3. The Balaban J connectivity index is 2.62. The molecule has 0 atom stereocenters. The van der Waals surface area contributed by atoms with Gasteiger partial charge in [0.15, 0.2) is 0 Å². The van der Waals surface area contributed by atoms with E-state index in [1.807, 2.05) is 6.92 Å². The number of terminal acetylenes is 1. The van der Waals surface area contributed by atoms with Crippen LogP contribution in [0.1, 0.15) is 11.4 Å². The molecule has 0 spiro atoms. The molecule has 2 aromatic rings. The number of anilines is 1. The highest BCUT2D eigenvalue weighted by molar-refractivity contribution is 5.72. The molecule has 0 saturated carbocycles. The Bertz CT molecular complexity index is 635. The van der Waals surface area contributed by atoms with Crippen LogP contribution in [0.5, 0.6) is 0 Å². The largest absolute Gasteiger partial charge is 0.383 e. The van der Waals surface area contributed by atoms with Crippen LogP contribution in [0.25, 0.3) is 11.3 Å². The van der Waals surface area contributed by atoms with Crippen molar-refractivity contribution in [2.45, 2.75) is 20.4 Å². The van der Waals surface area contributed by atoms with Crippen molar-refractivity contribution in [1.29, 1.82) is 0 Å². The predicted molar refractivity (Wildman–Crippen MR) is 70.3 cm³/mol. The van der Waals surface area contributed by atoms with Gasteiger partial charge in [-0.05, 0) is 26.0 Å². The summed E-state index contributed by atoms with van der Waals surface area (Å²) in [6.45, 7) is 4.02. The first-order valence-electron chi connectivity index (χ1n) is 5.57. The number of benzene rings is 1. The van der Waals surface area contributed by atoms with E-state index in [1.165, 1.54) is 6.07 Å². The van der Waals surface area contributed by atoms with Crippen molar-refractivity contribution in [3.63, 3.8) is 0 Å².